The van der Waals surface area contributed by atoms with Crippen molar-refractivity contribution in [2.24, 2.45) is 0 Å². The van der Waals surface area contributed by atoms with Crippen LogP contribution in [0, 0.1) is 20.8 Å². The summed E-state index contributed by atoms with van der Waals surface area (Å²) in [4.78, 5) is 4.29. The van der Waals surface area contributed by atoms with Crippen molar-refractivity contribution in [3.63, 3.8) is 0 Å². The molecule has 0 fully saturated rings. The van der Waals surface area contributed by atoms with Crippen molar-refractivity contribution in [1.82, 2.24) is 14.8 Å². The highest BCUT2D eigenvalue weighted by atomic mass is 15.3. The first-order valence-electron chi connectivity index (χ1n) is 6.53. The van der Waals surface area contributed by atoms with Crippen LogP contribution in [0.3, 0.4) is 0 Å². The number of pyridine rings is 1. The van der Waals surface area contributed by atoms with Gasteiger partial charge in [-0.1, -0.05) is 0 Å². The molecule has 0 spiro atoms. The average molecular weight is 259 g/mol. The molecule has 0 aliphatic carbocycles. The number of nitrogen functional groups attached to an aromatic ring is 1. The number of anilines is 2. The van der Waals surface area contributed by atoms with E-state index in [0.29, 0.717) is 5.69 Å². The Morgan fingerprint density at radius 1 is 1.26 bits per heavy atom. The van der Waals surface area contributed by atoms with Crippen LogP contribution in [0.1, 0.15) is 23.4 Å². The highest BCUT2D eigenvalue weighted by Crippen LogP contribution is 2.13. The molecule has 2 aromatic rings. The molecule has 0 saturated carbocycles. The van der Waals surface area contributed by atoms with Gasteiger partial charge in [-0.3, -0.25) is 4.68 Å². The quantitative estimate of drug-likeness (QED) is 0.808. The number of nitrogens with two attached hydrogens (primary N) is 1. The normalized spacial score (nSPS) is 10.7. The third kappa shape index (κ3) is 3.47. The molecule has 0 saturated heterocycles. The van der Waals surface area contributed by atoms with Gasteiger partial charge in [-0.15, -0.1) is 0 Å². The number of hydrogen-bond acceptors (Lipinski definition) is 4. The number of rotatable bonds is 5. The molecule has 19 heavy (non-hydrogen) atoms. The van der Waals surface area contributed by atoms with Crippen LogP contribution in [-0.2, 0) is 6.54 Å². The average Bonchev–Trinajstić information content (AvgIpc) is 2.65. The van der Waals surface area contributed by atoms with E-state index in [9.17, 15) is 0 Å². The lowest BCUT2D eigenvalue weighted by atomic mass is 10.2. The number of hydrogen-bond donors (Lipinski definition) is 2. The molecule has 102 valence electrons. The predicted molar refractivity (Wildman–Crippen MR) is 78.2 cm³/mol. The van der Waals surface area contributed by atoms with Gasteiger partial charge in [-0.2, -0.15) is 5.10 Å². The molecule has 5 nitrogen and oxygen atoms in total. The second-order valence-corrected chi connectivity index (χ2v) is 4.86. The third-order valence-electron chi connectivity index (χ3n) is 3.04. The summed E-state index contributed by atoms with van der Waals surface area (Å²) in [7, 11) is 0. The summed E-state index contributed by atoms with van der Waals surface area (Å²) in [6, 6.07) is 4.02. The van der Waals surface area contributed by atoms with Gasteiger partial charge in [0.05, 0.1) is 17.6 Å². The standard InChI is InChI=1S/C14H21N5/c1-10-7-13(15)9-17-14(10)16-5-4-6-19-12(3)8-11(2)18-19/h7-9H,4-6,15H2,1-3H3,(H,16,17). The molecule has 0 unspecified atom stereocenters. The van der Waals surface area contributed by atoms with Crippen LogP contribution in [0.5, 0.6) is 0 Å². The minimum absolute atomic E-state index is 0.700. The van der Waals surface area contributed by atoms with E-state index in [2.05, 4.69) is 28.4 Å². The zero-order valence-corrected chi connectivity index (χ0v) is 11.8. The van der Waals surface area contributed by atoms with E-state index in [1.807, 2.05) is 24.6 Å². The maximum atomic E-state index is 5.68. The van der Waals surface area contributed by atoms with Crippen molar-refractivity contribution in [2.75, 3.05) is 17.6 Å². The van der Waals surface area contributed by atoms with Gasteiger partial charge >= 0.3 is 0 Å². The van der Waals surface area contributed by atoms with Gasteiger partial charge in [0.15, 0.2) is 0 Å². The lowest BCUT2D eigenvalue weighted by molar-refractivity contribution is 0.573. The zero-order valence-electron chi connectivity index (χ0n) is 11.8. The molecule has 0 aliphatic heterocycles. The van der Waals surface area contributed by atoms with E-state index < -0.39 is 0 Å². The number of aryl methyl sites for hydroxylation is 4. The van der Waals surface area contributed by atoms with Gasteiger partial charge in [0, 0.05) is 18.8 Å². The Balaban J connectivity index is 1.82. The minimum Gasteiger partial charge on any atom is -0.397 e. The van der Waals surface area contributed by atoms with Gasteiger partial charge in [-0.25, -0.2) is 4.98 Å². The Morgan fingerprint density at radius 3 is 2.68 bits per heavy atom. The summed E-state index contributed by atoms with van der Waals surface area (Å²) in [6.45, 7) is 7.89. The summed E-state index contributed by atoms with van der Waals surface area (Å²) in [5, 5.41) is 7.77. The van der Waals surface area contributed by atoms with Crippen LogP contribution in [0.4, 0.5) is 11.5 Å². The van der Waals surface area contributed by atoms with Gasteiger partial charge < -0.3 is 11.1 Å². The Bertz CT molecular complexity index is 559. The largest absolute Gasteiger partial charge is 0.397 e. The Morgan fingerprint density at radius 2 is 2.05 bits per heavy atom. The van der Waals surface area contributed by atoms with Crippen LogP contribution in [-0.4, -0.2) is 21.3 Å². The molecule has 0 atom stereocenters. The van der Waals surface area contributed by atoms with Crippen LogP contribution < -0.4 is 11.1 Å². The van der Waals surface area contributed by atoms with Crippen molar-refractivity contribution < 1.29 is 0 Å². The van der Waals surface area contributed by atoms with Crippen molar-refractivity contribution >= 4 is 11.5 Å². The predicted octanol–water partition coefficient (Wildman–Crippen LogP) is 2.29. The van der Waals surface area contributed by atoms with E-state index in [1.54, 1.807) is 6.20 Å². The Kier molecular flexibility index (Phi) is 4.04. The second-order valence-electron chi connectivity index (χ2n) is 4.86. The molecule has 2 aromatic heterocycles. The van der Waals surface area contributed by atoms with Gasteiger partial charge in [-0.05, 0) is 44.9 Å². The first-order chi connectivity index (χ1) is 9.06. The van der Waals surface area contributed by atoms with E-state index in [-0.39, 0.29) is 0 Å². The summed E-state index contributed by atoms with van der Waals surface area (Å²) >= 11 is 0. The van der Waals surface area contributed by atoms with Crippen molar-refractivity contribution in [2.45, 2.75) is 33.7 Å². The molecular weight excluding hydrogens is 238 g/mol. The van der Waals surface area contributed by atoms with Crippen molar-refractivity contribution in [1.29, 1.82) is 0 Å². The van der Waals surface area contributed by atoms with Crippen molar-refractivity contribution in [3.8, 4) is 0 Å². The molecule has 0 amide bonds. The van der Waals surface area contributed by atoms with E-state index >= 15 is 0 Å². The zero-order chi connectivity index (χ0) is 13.8. The maximum absolute atomic E-state index is 5.68. The molecule has 2 rings (SSSR count). The number of nitrogens with zero attached hydrogens (tertiary/aromatic N) is 3. The molecule has 0 aromatic carbocycles. The summed E-state index contributed by atoms with van der Waals surface area (Å²) < 4.78 is 2.04. The fraction of sp³-hybridized carbons (Fsp3) is 0.429. The smallest absolute Gasteiger partial charge is 0.128 e. The summed E-state index contributed by atoms with van der Waals surface area (Å²) in [5.41, 5.74) is 9.73. The molecule has 0 bridgehead atoms. The Labute approximate surface area is 113 Å². The number of aromatic nitrogens is 3. The second kappa shape index (κ2) is 5.73. The molecule has 0 radical (unpaired) electrons. The highest BCUT2D eigenvalue weighted by molar-refractivity contribution is 5.50. The van der Waals surface area contributed by atoms with Crippen LogP contribution in [0.2, 0.25) is 0 Å². The molecule has 3 N–H and O–H groups in total. The first-order valence-corrected chi connectivity index (χ1v) is 6.53. The lowest BCUT2D eigenvalue weighted by Crippen LogP contribution is -2.10. The van der Waals surface area contributed by atoms with Crippen LogP contribution in [0.15, 0.2) is 18.3 Å². The fourth-order valence-corrected chi connectivity index (χ4v) is 2.12. The minimum atomic E-state index is 0.700. The topological polar surface area (TPSA) is 68.8 Å². The van der Waals surface area contributed by atoms with Crippen molar-refractivity contribution in [3.05, 3.63) is 35.3 Å². The highest BCUT2D eigenvalue weighted by Gasteiger charge is 2.02. The van der Waals surface area contributed by atoms with E-state index in [0.717, 1.165) is 36.6 Å². The van der Waals surface area contributed by atoms with Crippen LogP contribution >= 0.6 is 0 Å². The van der Waals surface area contributed by atoms with E-state index in [1.165, 1.54) is 5.69 Å². The van der Waals surface area contributed by atoms with Gasteiger partial charge in [0.1, 0.15) is 5.82 Å². The summed E-state index contributed by atoms with van der Waals surface area (Å²) in [6.07, 6.45) is 2.68. The third-order valence-corrected chi connectivity index (χ3v) is 3.04. The number of nitrogens with one attached hydrogen (secondary N) is 1. The first kappa shape index (κ1) is 13.4. The summed E-state index contributed by atoms with van der Waals surface area (Å²) in [5.74, 6) is 0.905. The van der Waals surface area contributed by atoms with Gasteiger partial charge in [0.25, 0.3) is 0 Å². The van der Waals surface area contributed by atoms with Gasteiger partial charge in [0.2, 0.25) is 0 Å². The molecule has 2 heterocycles. The van der Waals surface area contributed by atoms with Crippen LogP contribution in [0.25, 0.3) is 0 Å². The Hall–Kier alpha value is -2.04. The molecular formula is C14H21N5. The SMILES string of the molecule is Cc1cc(C)n(CCCNc2ncc(N)cc2C)n1. The lowest BCUT2D eigenvalue weighted by Gasteiger charge is -2.09. The maximum Gasteiger partial charge on any atom is 0.128 e. The fourth-order valence-electron chi connectivity index (χ4n) is 2.12. The monoisotopic (exact) mass is 259 g/mol. The van der Waals surface area contributed by atoms with E-state index in [4.69, 9.17) is 5.73 Å². The molecule has 0 aliphatic rings. The molecule has 5 heteroatoms.